The first-order chi connectivity index (χ1) is 13.0. The predicted molar refractivity (Wildman–Crippen MR) is 101 cm³/mol. The molecule has 7 heteroatoms. The van der Waals surface area contributed by atoms with Crippen molar-refractivity contribution in [2.45, 2.75) is 32.0 Å². The van der Waals surface area contributed by atoms with E-state index in [-0.39, 0.29) is 18.3 Å². The van der Waals surface area contributed by atoms with Crippen LogP contribution in [0.2, 0.25) is 0 Å². The molecule has 0 aromatic heterocycles. The molecule has 142 valence electrons. The lowest BCUT2D eigenvalue weighted by atomic mass is 10.0. The maximum absolute atomic E-state index is 11.8. The fourth-order valence-electron chi connectivity index (χ4n) is 3.55. The van der Waals surface area contributed by atoms with Crippen molar-refractivity contribution in [3.63, 3.8) is 0 Å². The first kappa shape index (κ1) is 18.8. The topological polar surface area (TPSA) is 86.9 Å². The highest BCUT2D eigenvalue weighted by atomic mass is 16.6. The van der Waals surface area contributed by atoms with Gasteiger partial charge in [-0.3, -0.25) is 15.0 Å². The number of nitro groups is 1. The van der Waals surface area contributed by atoms with Gasteiger partial charge in [0.15, 0.2) is 0 Å². The molecule has 27 heavy (non-hydrogen) atoms. The van der Waals surface area contributed by atoms with Crippen molar-refractivity contribution in [2.75, 3.05) is 13.1 Å². The Balaban J connectivity index is 1.61. The molecule has 1 amide bonds. The molecule has 7 nitrogen and oxygen atoms in total. The van der Waals surface area contributed by atoms with Crippen LogP contribution in [0.4, 0.5) is 10.5 Å². The van der Waals surface area contributed by atoms with E-state index in [0.29, 0.717) is 5.56 Å². The molecule has 3 rings (SSSR count). The van der Waals surface area contributed by atoms with Crippen LogP contribution < -0.4 is 0 Å². The van der Waals surface area contributed by atoms with Crippen LogP contribution in [0.5, 0.6) is 0 Å². The number of rotatable bonds is 6. The summed E-state index contributed by atoms with van der Waals surface area (Å²) in [4.78, 5) is 26.0. The third kappa shape index (κ3) is 5.04. The minimum Gasteiger partial charge on any atom is -0.465 e. The number of hydrogen-bond acceptors (Lipinski definition) is 4. The number of amides is 1. The number of carbonyl (C=O) groups is 1. The molecule has 1 aliphatic rings. The average molecular weight is 369 g/mol. The van der Waals surface area contributed by atoms with Gasteiger partial charge in [-0.2, -0.15) is 0 Å². The highest BCUT2D eigenvalue weighted by molar-refractivity contribution is 5.65. The molecule has 1 heterocycles. The van der Waals surface area contributed by atoms with E-state index < -0.39 is 11.0 Å². The van der Waals surface area contributed by atoms with Crippen molar-refractivity contribution in [2.24, 2.45) is 0 Å². The molecule has 0 aliphatic carbocycles. The van der Waals surface area contributed by atoms with Crippen molar-refractivity contribution in [3.05, 3.63) is 75.8 Å². The van der Waals surface area contributed by atoms with Crippen molar-refractivity contribution >= 4 is 11.8 Å². The van der Waals surface area contributed by atoms with Gasteiger partial charge < -0.3 is 10.0 Å². The van der Waals surface area contributed by atoms with E-state index >= 15 is 0 Å². The summed E-state index contributed by atoms with van der Waals surface area (Å²) in [6.07, 6.45) is 0.533. The lowest BCUT2D eigenvalue weighted by molar-refractivity contribution is -0.384. The second kappa shape index (κ2) is 8.64. The Morgan fingerprint density at radius 1 is 1.11 bits per heavy atom. The lowest BCUT2D eigenvalue weighted by Gasteiger charge is -2.37. The van der Waals surface area contributed by atoms with E-state index in [2.05, 4.69) is 17.0 Å². The van der Waals surface area contributed by atoms with Gasteiger partial charge in [0.05, 0.1) is 4.92 Å². The summed E-state index contributed by atoms with van der Waals surface area (Å²) in [7, 11) is 0. The third-order valence-electron chi connectivity index (χ3n) is 4.97. The van der Waals surface area contributed by atoms with Crippen LogP contribution in [0.25, 0.3) is 0 Å². The Morgan fingerprint density at radius 2 is 1.78 bits per heavy atom. The molecule has 0 atom stereocenters. The zero-order chi connectivity index (χ0) is 19.2. The molecule has 1 N–H and O–H groups in total. The first-order valence-corrected chi connectivity index (χ1v) is 9.02. The maximum Gasteiger partial charge on any atom is 0.407 e. The molecule has 0 saturated carbocycles. The Kier molecular flexibility index (Phi) is 6.03. The zero-order valence-corrected chi connectivity index (χ0v) is 15.0. The summed E-state index contributed by atoms with van der Waals surface area (Å²) < 4.78 is 0. The van der Waals surface area contributed by atoms with E-state index in [1.54, 1.807) is 12.1 Å². The predicted octanol–water partition coefficient (Wildman–Crippen LogP) is 3.74. The second-order valence-electron chi connectivity index (χ2n) is 6.83. The monoisotopic (exact) mass is 369 g/mol. The molecule has 2 aromatic carbocycles. The minimum atomic E-state index is -0.983. The Labute approximate surface area is 158 Å². The normalized spacial score (nSPS) is 15.4. The minimum absolute atomic E-state index is 0.0180. The zero-order valence-electron chi connectivity index (χ0n) is 15.0. The summed E-state index contributed by atoms with van der Waals surface area (Å²) in [6.45, 7) is 2.70. The largest absolute Gasteiger partial charge is 0.465 e. The second-order valence-corrected chi connectivity index (χ2v) is 6.83. The SMILES string of the molecule is O=C(O)N(Cc1cccc([N+](=O)[O-])c1)C1CCN(Cc2ccccc2)CC1. The van der Waals surface area contributed by atoms with E-state index in [9.17, 15) is 20.0 Å². The number of carboxylic acid groups (broad SMARTS) is 1. The summed E-state index contributed by atoms with van der Waals surface area (Å²) in [5.41, 5.74) is 1.87. The smallest absolute Gasteiger partial charge is 0.407 e. The van der Waals surface area contributed by atoms with Crippen molar-refractivity contribution in [3.8, 4) is 0 Å². The molecule has 1 aliphatic heterocycles. The first-order valence-electron chi connectivity index (χ1n) is 9.02. The molecular weight excluding hydrogens is 346 g/mol. The molecule has 0 spiro atoms. The standard InChI is InChI=1S/C20H23N3O4/c24-20(25)22(15-17-7-4-8-19(13-17)23(26)27)18-9-11-21(12-10-18)14-16-5-2-1-3-6-16/h1-8,13,18H,9-12,14-15H2,(H,24,25). The molecule has 1 saturated heterocycles. The van der Waals surface area contributed by atoms with Gasteiger partial charge in [-0.1, -0.05) is 42.5 Å². The van der Waals surface area contributed by atoms with Gasteiger partial charge in [-0.15, -0.1) is 0 Å². The van der Waals surface area contributed by atoms with Crippen LogP contribution in [-0.4, -0.2) is 45.1 Å². The fraction of sp³-hybridized carbons (Fsp3) is 0.350. The molecule has 0 unspecified atom stereocenters. The Bertz CT molecular complexity index is 789. The lowest BCUT2D eigenvalue weighted by Crippen LogP contribution is -2.46. The highest BCUT2D eigenvalue weighted by Gasteiger charge is 2.28. The molecule has 0 bridgehead atoms. The van der Waals surface area contributed by atoms with Gasteiger partial charge in [0.2, 0.25) is 0 Å². The summed E-state index contributed by atoms with van der Waals surface area (Å²) in [5.74, 6) is 0. The number of nitrogens with zero attached hydrogens (tertiary/aromatic N) is 3. The van der Waals surface area contributed by atoms with E-state index in [1.807, 2.05) is 18.2 Å². The number of hydrogen-bond donors (Lipinski definition) is 1. The van der Waals surface area contributed by atoms with Crippen LogP contribution in [0, 0.1) is 10.1 Å². The molecule has 1 fully saturated rings. The van der Waals surface area contributed by atoms with E-state index in [0.717, 1.165) is 32.5 Å². The summed E-state index contributed by atoms with van der Waals surface area (Å²) in [5, 5.41) is 20.6. The van der Waals surface area contributed by atoms with Gasteiger partial charge in [-0.25, -0.2) is 4.79 Å². The van der Waals surface area contributed by atoms with Gasteiger partial charge in [0, 0.05) is 44.4 Å². The van der Waals surface area contributed by atoms with Crippen molar-refractivity contribution in [1.29, 1.82) is 0 Å². The van der Waals surface area contributed by atoms with Crippen LogP contribution in [0.3, 0.4) is 0 Å². The fourth-order valence-corrected chi connectivity index (χ4v) is 3.55. The number of piperidine rings is 1. The number of likely N-dealkylation sites (tertiary alicyclic amines) is 1. The molecular formula is C20H23N3O4. The van der Waals surface area contributed by atoms with Gasteiger partial charge >= 0.3 is 6.09 Å². The van der Waals surface area contributed by atoms with Crippen LogP contribution >= 0.6 is 0 Å². The number of nitro benzene ring substituents is 1. The van der Waals surface area contributed by atoms with Crippen LogP contribution in [0.15, 0.2) is 54.6 Å². The third-order valence-corrected chi connectivity index (χ3v) is 4.97. The summed E-state index contributed by atoms with van der Waals surface area (Å²) >= 11 is 0. The van der Waals surface area contributed by atoms with Gasteiger partial charge in [0.25, 0.3) is 5.69 Å². The Morgan fingerprint density at radius 3 is 2.41 bits per heavy atom. The van der Waals surface area contributed by atoms with Crippen LogP contribution in [0.1, 0.15) is 24.0 Å². The quantitative estimate of drug-likeness (QED) is 0.619. The number of non-ortho nitro benzene ring substituents is 1. The van der Waals surface area contributed by atoms with E-state index in [1.165, 1.54) is 22.6 Å². The number of benzene rings is 2. The maximum atomic E-state index is 11.8. The Hall–Kier alpha value is -2.93. The van der Waals surface area contributed by atoms with Crippen LogP contribution in [-0.2, 0) is 13.1 Å². The average Bonchev–Trinajstić information content (AvgIpc) is 2.68. The molecule has 0 radical (unpaired) electrons. The summed E-state index contributed by atoms with van der Waals surface area (Å²) in [6, 6.07) is 16.3. The van der Waals surface area contributed by atoms with Gasteiger partial charge in [0.1, 0.15) is 0 Å². The van der Waals surface area contributed by atoms with E-state index in [4.69, 9.17) is 0 Å². The van der Waals surface area contributed by atoms with Crippen molar-refractivity contribution < 1.29 is 14.8 Å². The molecule has 2 aromatic rings. The highest BCUT2D eigenvalue weighted by Crippen LogP contribution is 2.22. The van der Waals surface area contributed by atoms with Gasteiger partial charge in [-0.05, 0) is 24.0 Å². The van der Waals surface area contributed by atoms with Crippen molar-refractivity contribution in [1.82, 2.24) is 9.80 Å².